The molecule has 3 rings (SSSR count). The quantitative estimate of drug-likeness (QED) is 0.848. The van der Waals surface area contributed by atoms with E-state index in [1.54, 1.807) is 18.2 Å². The summed E-state index contributed by atoms with van der Waals surface area (Å²) in [5, 5.41) is 2.48. The molecule has 134 valence electrons. The second-order valence-corrected chi connectivity index (χ2v) is 5.99. The van der Waals surface area contributed by atoms with Crippen LogP contribution in [-0.2, 0) is 4.74 Å². The number of nitrogens with zero attached hydrogens (tertiary/aromatic N) is 1. The highest BCUT2D eigenvalue weighted by Crippen LogP contribution is 2.35. The van der Waals surface area contributed by atoms with Crippen molar-refractivity contribution in [1.82, 2.24) is 5.32 Å². The zero-order chi connectivity index (χ0) is 18.0. The van der Waals surface area contributed by atoms with E-state index in [0.717, 1.165) is 0 Å². The molecular weight excluding hydrogens is 337 g/mol. The Morgan fingerprint density at radius 2 is 2.00 bits per heavy atom. The van der Waals surface area contributed by atoms with Crippen LogP contribution < -0.4 is 10.2 Å². The Morgan fingerprint density at radius 3 is 2.68 bits per heavy atom. The number of benzene rings is 1. The third-order valence-corrected chi connectivity index (χ3v) is 4.35. The molecule has 0 spiro atoms. The lowest BCUT2D eigenvalue weighted by atomic mass is 9.88. The predicted octanol–water partition coefficient (Wildman–Crippen LogP) is 3.27. The molecular formula is C17H17F3N2O3. The summed E-state index contributed by atoms with van der Waals surface area (Å²) in [6.07, 6.45) is -1.76. The smallest absolute Gasteiger partial charge is 0.414 e. The third kappa shape index (κ3) is 3.78. The van der Waals surface area contributed by atoms with Crippen molar-refractivity contribution in [3.63, 3.8) is 0 Å². The topological polar surface area (TPSA) is 58.6 Å². The first-order valence-corrected chi connectivity index (χ1v) is 7.93. The zero-order valence-electron chi connectivity index (χ0n) is 13.3. The van der Waals surface area contributed by atoms with Gasteiger partial charge in [0.1, 0.15) is 6.61 Å². The summed E-state index contributed by atoms with van der Waals surface area (Å²) in [5.41, 5.74) is 0.679. The molecule has 0 aromatic heterocycles. The molecule has 0 radical (unpaired) electrons. The number of cyclic esters (lactones) is 1. The summed E-state index contributed by atoms with van der Waals surface area (Å²) in [6.45, 7) is 0.629. The van der Waals surface area contributed by atoms with Gasteiger partial charge in [0.25, 0.3) is 5.91 Å². The summed E-state index contributed by atoms with van der Waals surface area (Å²) in [6, 6.07) is 5.20. The van der Waals surface area contributed by atoms with E-state index in [9.17, 15) is 22.8 Å². The highest BCUT2D eigenvalue weighted by Gasteiger charge is 2.45. The molecule has 25 heavy (non-hydrogen) atoms. The number of ether oxygens (including phenoxy) is 1. The van der Waals surface area contributed by atoms with E-state index >= 15 is 0 Å². The number of anilines is 1. The van der Waals surface area contributed by atoms with E-state index in [2.05, 4.69) is 5.32 Å². The maximum absolute atomic E-state index is 13.1. The highest BCUT2D eigenvalue weighted by molar-refractivity contribution is 5.97. The molecule has 1 aromatic carbocycles. The molecule has 2 amide bonds. The third-order valence-electron chi connectivity index (χ3n) is 4.35. The molecule has 1 heterocycles. The van der Waals surface area contributed by atoms with E-state index in [-0.39, 0.29) is 25.0 Å². The van der Waals surface area contributed by atoms with Gasteiger partial charge in [-0.15, -0.1) is 0 Å². The summed E-state index contributed by atoms with van der Waals surface area (Å²) < 4.78 is 44.2. The van der Waals surface area contributed by atoms with Crippen LogP contribution in [0.15, 0.2) is 36.4 Å². The lowest BCUT2D eigenvalue weighted by molar-refractivity contribution is -0.181. The van der Waals surface area contributed by atoms with E-state index in [0.29, 0.717) is 12.2 Å². The van der Waals surface area contributed by atoms with Gasteiger partial charge in [0, 0.05) is 17.3 Å². The number of halogens is 3. The van der Waals surface area contributed by atoms with Crippen molar-refractivity contribution >= 4 is 17.7 Å². The first-order valence-electron chi connectivity index (χ1n) is 7.93. The second-order valence-electron chi connectivity index (χ2n) is 5.99. The van der Waals surface area contributed by atoms with Gasteiger partial charge >= 0.3 is 12.3 Å². The SMILES string of the molecule is O=C(NC1CC=CCC1C(F)(F)F)c1cccc(N2CCOC2=O)c1. The van der Waals surface area contributed by atoms with Crippen LogP contribution >= 0.6 is 0 Å². The number of carbonyl (C=O) groups excluding carboxylic acids is 2. The number of hydrogen-bond donors (Lipinski definition) is 1. The van der Waals surface area contributed by atoms with Gasteiger partial charge in [-0.05, 0) is 31.0 Å². The Hall–Kier alpha value is -2.51. The average molecular weight is 354 g/mol. The Balaban J connectivity index is 1.75. The first kappa shape index (κ1) is 17.3. The zero-order valence-corrected chi connectivity index (χ0v) is 13.3. The van der Waals surface area contributed by atoms with Crippen molar-refractivity contribution in [1.29, 1.82) is 0 Å². The van der Waals surface area contributed by atoms with Gasteiger partial charge < -0.3 is 10.1 Å². The minimum absolute atomic E-state index is 0.133. The molecule has 0 bridgehead atoms. The number of alkyl halides is 3. The van der Waals surface area contributed by atoms with Crippen LogP contribution in [0.1, 0.15) is 23.2 Å². The van der Waals surface area contributed by atoms with E-state index < -0.39 is 30.1 Å². The molecule has 8 heteroatoms. The molecule has 1 aromatic rings. The summed E-state index contributed by atoms with van der Waals surface area (Å²) >= 11 is 0. The van der Waals surface area contributed by atoms with Gasteiger partial charge in [-0.1, -0.05) is 18.2 Å². The average Bonchev–Trinajstić information content (AvgIpc) is 3.00. The molecule has 1 aliphatic heterocycles. The van der Waals surface area contributed by atoms with Gasteiger partial charge in [0.05, 0.1) is 12.5 Å². The Labute approximate surface area is 142 Å². The van der Waals surface area contributed by atoms with Crippen molar-refractivity contribution < 1.29 is 27.5 Å². The van der Waals surface area contributed by atoms with Crippen LogP contribution in [0.2, 0.25) is 0 Å². The van der Waals surface area contributed by atoms with E-state index in [4.69, 9.17) is 4.74 Å². The predicted molar refractivity (Wildman–Crippen MR) is 84.3 cm³/mol. The number of rotatable bonds is 3. The largest absolute Gasteiger partial charge is 0.447 e. The van der Waals surface area contributed by atoms with Gasteiger partial charge in [0.2, 0.25) is 0 Å². The van der Waals surface area contributed by atoms with E-state index in [1.807, 2.05) is 0 Å². The summed E-state index contributed by atoms with van der Waals surface area (Å²) in [7, 11) is 0. The molecule has 2 aliphatic rings. The van der Waals surface area contributed by atoms with Crippen LogP contribution in [0.4, 0.5) is 23.7 Å². The lowest BCUT2D eigenvalue weighted by Gasteiger charge is -2.31. The fourth-order valence-electron chi connectivity index (χ4n) is 3.03. The second kappa shape index (κ2) is 6.78. The van der Waals surface area contributed by atoms with Crippen LogP contribution in [0, 0.1) is 5.92 Å². The van der Waals surface area contributed by atoms with Crippen molar-refractivity contribution in [3.05, 3.63) is 42.0 Å². The monoisotopic (exact) mass is 354 g/mol. The fourth-order valence-corrected chi connectivity index (χ4v) is 3.03. The van der Waals surface area contributed by atoms with Crippen LogP contribution in [0.5, 0.6) is 0 Å². The van der Waals surface area contributed by atoms with Crippen LogP contribution in [0.25, 0.3) is 0 Å². The molecule has 1 N–H and O–H groups in total. The van der Waals surface area contributed by atoms with Gasteiger partial charge in [-0.2, -0.15) is 13.2 Å². The first-order chi connectivity index (χ1) is 11.9. The van der Waals surface area contributed by atoms with Crippen molar-refractivity contribution in [3.8, 4) is 0 Å². The maximum atomic E-state index is 13.1. The molecule has 2 unspecified atom stereocenters. The van der Waals surface area contributed by atoms with Crippen molar-refractivity contribution in [2.45, 2.75) is 25.1 Å². The van der Waals surface area contributed by atoms with Gasteiger partial charge in [-0.3, -0.25) is 9.69 Å². The number of carbonyl (C=O) groups is 2. The van der Waals surface area contributed by atoms with Crippen LogP contribution in [-0.4, -0.2) is 37.4 Å². The Morgan fingerprint density at radius 1 is 1.24 bits per heavy atom. The number of hydrogen-bond acceptors (Lipinski definition) is 3. The van der Waals surface area contributed by atoms with Crippen molar-refractivity contribution in [2.75, 3.05) is 18.1 Å². The van der Waals surface area contributed by atoms with Crippen molar-refractivity contribution in [2.24, 2.45) is 5.92 Å². The van der Waals surface area contributed by atoms with E-state index in [1.165, 1.54) is 23.1 Å². The summed E-state index contributed by atoms with van der Waals surface area (Å²) in [4.78, 5) is 25.4. The minimum Gasteiger partial charge on any atom is -0.447 e. The summed E-state index contributed by atoms with van der Waals surface area (Å²) in [5.74, 6) is -2.19. The van der Waals surface area contributed by atoms with Crippen LogP contribution in [0.3, 0.4) is 0 Å². The number of allylic oxidation sites excluding steroid dienone is 1. The molecule has 5 nitrogen and oxygen atoms in total. The molecule has 1 fully saturated rings. The number of amides is 2. The lowest BCUT2D eigenvalue weighted by Crippen LogP contribution is -2.46. The molecule has 1 aliphatic carbocycles. The highest BCUT2D eigenvalue weighted by atomic mass is 19.4. The standard InChI is InChI=1S/C17H17F3N2O3/c18-17(19,20)13-6-1-2-7-14(13)21-15(23)11-4-3-5-12(10-11)22-8-9-25-16(22)24/h1-5,10,13-14H,6-9H2,(H,21,23). The number of nitrogens with one attached hydrogen (secondary N) is 1. The Kier molecular flexibility index (Phi) is 4.69. The Bertz CT molecular complexity index is 703. The normalized spacial score (nSPS) is 23.5. The molecule has 2 atom stereocenters. The molecule has 0 saturated carbocycles. The molecule has 1 saturated heterocycles. The maximum Gasteiger partial charge on any atom is 0.414 e. The van der Waals surface area contributed by atoms with Gasteiger partial charge in [0.15, 0.2) is 0 Å². The van der Waals surface area contributed by atoms with Gasteiger partial charge in [-0.25, -0.2) is 4.79 Å². The fraction of sp³-hybridized carbons (Fsp3) is 0.412. The minimum atomic E-state index is -4.37.